The molecule has 0 atom stereocenters. The zero-order valence-corrected chi connectivity index (χ0v) is 9.62. The van der Waals surface area contributed by atoms with Crippen molar-refractivity contribution in [3.05, 3.63) is 46.8 Å². The first-order valence-corrected chi connectivity index (χ1v) is 6.70. The molecule has 0 amide bonds. The van der Waals surface area contributed by atoms with Gasteiger partial charge in [-0.25, -0.2) is 0 Å². The fourth-order valence-corrected chi connectivity index (χ4v) is 4.78. The van der Waals surface area contributed by atoms with E-state index in [0.717, 1.165) is 6.42 Å². The van der Waals surface area contributed by atoms with Crippen molar-refractivity contribution < 1.29 is 0 Å². The van der Waals surface area contributed by atoms with Crippen molar-refractivity contribution in [3.63, 3.8) is 0 Å². The average molecular weight is 228 g/mol. The van der Waals surface area contributed by atoms with Gasteiger partial charge in [-0.2, -0.15) is 0 Å². The van der Waals surface area contributed by atoms with Gasteiger partial charge in [-0.3, -0.25) is 0 Å². The van der Waals surface area contributed by atoms with Crippen LogP contribution < -0.4 is 0 Å². The Bertz CT molecular complexity index is 658. The molecule has 15 heavy (non-hydrogen) atoms. The molecule has 0 radical (unpaired) electrons. The maximum atomic E-state index is 2.25. The highest BCUT2D eigenvalue weighted by Gasteiger charge is 2.23. The van der Waals surface area contributed by atoms with Gasteiger partial charge in [-0.1, -0.05) is 24.3 Å². The van der Waals surface area contributed by atoms with Crippen molar-refractivity contribution in [3.8, 4) is 10.4 Å². The van der Waals surface area contributed by atoms with Crippen molar-refractivity contribution in [1.82, 2.24) is 0 Å². The van der Waals surface area contributed by atoms with Crippen LogP contribution in [0.3, 0.4) is 0 Å². The largest absolute Gasteiger partial charge is 0.143 e. The van der Waals surface area contributed by atoms with Crippen LogP contribution in [-0.2, 0) is 6.42 Å². The van der Waals surface area contributed by atoms with E-state index in [9.17, 15) is 0 Å². The van der Waals surface area contributed by atoms with Crippen LogP contribution in [0.15, 0.2) is 35.7 Å². The van der Waals surface area contributed by atoms with Gasteiger partial charge in [0.15, 0.2) is 0 Å². The Hall–Kier alpha value is -1.12. The first kappa shape index (κ1) is 8.08. The van der Waals surface area contributed by atoms with E-state index >= 15 is 0 Å². The van der Waals surface area contributed by atoms with Crippen molar-refractivity contribution in [1.29, 1.82) is 0 Å². The van der Waals surface area contributed by atoms with E-state index in [1.807, 2.05) is 22.7 Å². The van der Waals surface area contributed by atoms with E-state index in [2.05, 4.69) is 35.7 Å². The first-order chi connectivity index (χ1) is 7.43. The molecule has 0 bridgehead atoms. The highest BCUT2D eigenvalue weighted by molar-refractivity contribution is 7.29. The van der Waals surface area contributed by atoms with E-state index in [1.165, 1.54) is 25.4 Å². The summed E-state index contributed by atoms with van der Waals surface area (Å²) >= 11 is 3.83. The monoisotopic (exact) mass is 228 g/mol. The standard InChI is InChI=1S/C13H8S2/c1-2-4-9-8(3-1)7-10-12(9)15-11-5-6-14-13(10)11/h1-6H,7H2. The molecule has 2 heterocycles. The van der Waals surface area contributed by atoms with Crippen molar-refractivity contribution in [2.45, 2.75) is 6.42 Å². The van der Waals surface area contributed by atoms with Gasteiger partial charge < -0.3 is 0 Å². The molecule has 0 fully saturated rings. The van der Waals surface area contributed by atoms with Gasteiger partial charge in [-0.15, -0.1) is 22.7 Å². The molecule has 1 aliphatic rings. The zero-order valence-electron chi connectivity index (χ0n) is 7.99. The SMILES string of the molecule is c1ccc2c(c1)Cc1c-2sc2ccsc12. The van der Waals surface area contributed by atoms with Gasteiger partial charge in [-0.05, 0) is 28.1 Å². The Kier molecular flexibility index (Phi) is 1.46. The van der Waals surface area contributed by atoms with E-state index in [-0.39, 0.29) is 0 Å². The second kappa shape index (κ2) is 2.71. The number of hydrogen-bond donors (Lipinski definition) is 0. The number of hydrogen-bond acceptors (Lipinski definition) is 2. The van der Waals surface area contributed by atoms with E-state index in [4.69, 9.17) is 0 Å². The molecule has 0 N–H and O–H groups in total. The number of benzene rings is 1. The molecule has 0 nitrogen and oxygen atoms in total. The van der Waals surface area contributed by atoms with Gasteiger partial charge >= 0.3 is 0 Å². The van der Waals surface area contributed by atoms with Crippen LogP contribution in [0, 0.1) is 0 Å². The van der Waals surface area contributed by atoms with Gasteiger partial charge in [0.1, 0.15) is 0 Å². The lowest BCUT2D eigenvalue weighted by atomic mass is 10.1. The van der Waals surface area contributed by atoms with Gasteiger partial charge in [0, 0.05) is 20.7 Å². The topological polar surface area (TPSA) is 0 Å². The predicted molar refractivity (Wildman–Crippen MR) is 67.9 cm³/mol. The van der Waals surface area contributed by atoms with E-state index in [1.54, 1.807) is 5.56 Å². The third-order valence-corrected chi connectivity index (χ3v) is 5.35. The number of thiophene rings is 2. The third-order valence-electron chi connectivity index (χ3n) is 3.02. The summed E-state index contributed by atoms with van der Waals surface area (Å²) in [6.45, 7) is 0. The highest BCUT2D eigenvalue weighted by Crippen LogP contribution is 2.47. The van der Waals surface area contributed by atoms with Crippen molar-refractivity contribution in [2.24, 2.45) is 0 Å². The second-order valence-corrected chi connectivity index (χ2v) is 5.83. The Labute approximate surface area is 95.8 Å². The predicted octanol–water partition coefficient (Wildman–Crippen LogP) is 4.53. The molecule has 1 aliphatic carbocycles. The maximum absolute atomic E-state index is 2.25. The van der Waals surface area contributed by atoms with Crippen LogP contribution >= 0.6 is 22.7 Å². The molecule has 0 spiro atoms. The molecular weight excluding hydrogens is 220 g/mol. The fourth-order valence-electron chi connectivity index (χ4n) is 2.34. The van der Waals surface area contributed by atoms with Gasteiger partial charge in [0.2, 0.25) is 0 Å². The Morgan fingerprint density at radius 2 is 2.00 bits per heavy atom. The Morgan fingerprint density at radius 3 is 3.00 bits per heavy atom. The molecule has 72 valence electrons. The first-order valence-electron chi connectivity index (χ1n) is 5.00. The van der Waals surface area contributed by atoms with E-state index in [0.29, 0.717) is 0 Å². The molecule has 0 saturated carbocycles. The van der Waals surface area contributed by atoms with Crippen LogP contribution in [0.2, 0.25) is 0 Å². The van der Waals surface area contributed by atoms with Gasteiger partial charge in [0.05, 0.1) is 0 Å². The summed E-state index contributed by atoms with van der Waals surface area (Å²) in [5, 5.41) is 2.20. The molecule has 2 heteroatoms. The summed E-state index contributed by atoms with van der Waals surface area (Å²) in [5.41, 5.74) is 4.51. The molecule has 3 aromatic rings. The molecule has 4 rings (SSSR count). The quantitative estimate of drug-likeness (QED) is 0.414. The second-order valence-electron chi connectivity index (χ2n) is 3.86. The van der Waals surface area contributed by atoms with Crippen molar-refractivity contribution >= 4 is 32.1 Å². The lowest BCUT2D eigenvalue weighted by Crippen LogP contribution is -1.77. The molecule has 0 saturated heterocycles. The van der Waals surface area contributed by atoms with E-state index < -0.39 is 0 Å². The van der Waals surface area contributed by atoms with Crippen molar-refractivity contribution in [2.75, 3.05) is 0 Å². The van der Waals surface area contributed by atoms with Crippen LogP contribution in [-0.4, -0.2) is 0 Å². The highest BCUT2D eigenvalue weighted by atomic mass is 32.1. The Morgan fingerprint density at radius 1 is 1.07 bits per heavy atom. The molecule has 1 aromatic carbocycles. The summed E-state index contributed by atoms with van der Waals surface area (Å²) in [6.07, 6.45) is 1.13. The minimum atomic E-state index is 1.13. The summed E-state index contributed by atoms with van der Waals surface area (Å²) in [7, 11) is 0. The number of fused-ring (bicyclic) bond motifs is 5. The molecule has 0 aliphatic heterocycles. The van der Waals surface area contributed by atoms with Crippen LogP contribution in [0.25, 0.3) is 19.8 Å². The van der Waals surface area contributed by atoms with Gasteiger partial charge in [0.25, 0.3) is 0 Å². The Balaban J connectivity index is 2.13. The number of rotatable bonds is 0. The minimum Gasteiger partial charge on any atom is -0.143 e. The summed E-state index contributed by atoms with van der Waals surface area (Å²) in [5.74, 6) is 0. The third kappa shape index (κ3) is 0.959. The van der Waals surface area contributed by atoms with Crippen LogP contribution in [0.4, 0.5) is 0 Å². The summed E-state index contributed by atoms with van der Waals surface area (Å²) in [6, 6.07) is 11.0. The fraction of sp³-hybridized carbons (Fsp3) is 0.0769. The average Bonchev–Trinajstić information content (AvgIpc) is 2.87. The summed E-state index contributed by atoms with van der Waals surface area (Å²) in [4.78, 5) is 1.51. The zero-order chi connectivity index (χ0) is 9.83. The smallest absolute Gasteiger partial charge is 0.0492 e. The van der Waals surface area contributed by atoms with Crippen LogP contribution in [0.1, 0.15) is 11.1 Å². The maximum Gasteiger partial charge on any atom is 0.0492 e. The minimum absolute atomic E-state index is 1.13. The molecular formula is C13H8S2. The lowest BCUT2D eigenvalue weighted by molar-refractivity contribution is 1.29. The molecule has 0 unspecified atom stereocenters. The molecule has 2 aromatic heterocycles. The lowest BCUT2D eigenvalue weighted by Gasteiger charge is -1.95. The van der Waals surface area contributed by atoms with Crippen LogP contribution in [0.5, 0.6) is 0 Å². The normalized spacial score (nSPS) is 13.1. The summed E-state index contributed by atoms with van der Waals surface area (Å²) < 4.78 is 2.96.